The molecule has 1 aliphatic heterocycles. The third kappa shape index (κ3) is 2.96. The Hall–Kier alpha value is -0.380. The first kappa shape index (κ1) is 12.3. The summed E-state index contributed by atoms with van der Waals surface area (Å²) in [6.07, 6.45) is -0.146. The van der Waals surface area contributed by atoms with Crippen LogP contribution in [-0.4, -0.2) is 18.5 Å². The number of hydrogen-bond acceptors (Lipinski definition) is 3. The average Bonchev–Trinajstić information content (AvgIpc) is 2.43. The second kappa shape index (κ2) is 4.44. The summed E-state index contributed by atoms with van der Waals surface area (Å²) in [5.74, 6) is 0.0463. The second-order valence-corrected chi connectivity index (χ2v) is 1.97. The van der Waals surface area contributed by atoms with Gasteiger partial charge >= 0.3 is 0 Å². The highest BCUT2D eigenvalue weighted by molar-refractivity contribution is 5.99. The molecule has 10 heavy (non-hydrogen) atoms. The minimum absolute atomic E-state index is 0. The third-order valence-electron chi connectivity index (χ3n) is 1.05. The Morgan fingerprint density at radius 1 is 1.70 bits per heavy atom. The summed E-state index contributed by atoms with van der Waals surface area (Å²) in [6.45, 7) is 5.77. The summed E-state index contributed by atoms with van der Waals surface area (Å²) >= 11 is 0. The summed E-state index contributed by atoms with van der Waals surface area (Å²) in [4.78, 5) is 10.7. The van der Waals surface area contributed by atoms with Crippen LogP contribution in [-0.2, 0) is 9.53 Å². The smallest absolute Gasteiger partial charge is 0.189 e. The zero-order chi connectivity index (χ0) is 6.15. The number of Topliss-reactive ketones (excluding diaryl/α,β-unsaturated/α-hetero) is 1. The van der Waals surface area contributed by atoms with Crippen molar-refractivity contribution in [1.82, 2.24) is 6.15 Å². The Morgan fingerprint density at radius 2 is 2.10 bits per heavy atom. The maximum Gasteiger partial charge on any atom is 0.189 e. The van der Waals surface area contributed by atoms with Gasteiger partial charge < -0.3 is 10.9 Å². The van der Waals surface area contributed by atoms with Crippen molar-refractivity contribution in [2.75, 3.05) is 6.61 Å². The Labute approximate surface area is 66.4 Å². The number of ketones is 1. The Bertz CT molecular complexity index is 143. The lowest BCUT2D eigenvalue weighted by Gasteiger charge is -1.88. The summed E-state index contributed by atoms with van der Waals surface area (Å²) in [5, 5.41) is 0. The molecule has 0 aromatic carbocycles. The fourth-order valence-corrected chi connectivity index (χ4v) is 0.474. The van der Waals surface area contributed by atoms with Crippen LogP contribution in [0.5, 0.6) is 0 Å². The molecule has 0 spiro atoms. The van der Waals surface area contributed by atoms with Crippen LogP contribution in [0.25, 0.3) is 0 Å². The Balaban J connectivity index is 0. The fourth-order valence-electron chi connectivity index (χ4n) is 0.474. The van der Waals surface area contributed by atoms with Crippen LogP contribution in [0.15, 0.2) is 12.2 Å². The van der Waals surface area contributed by atoms with E-state index in [0.29, 0.717) is 12.2 Å². The van der Waals surface area contributed by atoms with E-state index in [0.717, 1.165) is 0 Å². The first-order chi connectivity index (χ1) is 3.72. The topological polar surface area (TPSA) is 64.6 Å². The van der Waals surface area contributed by atoms with Gasteiger partial charge in [-0.2, -0.15) is 0 Å². The van der Waals surface area contributed by atoms with Crippen LogP contribution in [0.3, 0.4) is 0 Å². The molecule has 0 amide bonds. The third-order valence-corrected chi connectivity index (χ3v) is 1.05. The van der Waals surface area contributed by atoms with Crippen molar-refractivity contribution in [2.45, 2.75) is 13.0 Å². The first-order valence-corrected chi connectivity index (χ1v) is 2.53. The van der Waals surface area contributed by atoms with Gasteiger partial charge in [-0.05, 0) is 12.5 Å². The van der Waals surface area contributed by atoms with Crippen molar-refractivity contribution >= 4 is 18.2 Å². The highest BCUT2D eigenvalue weighted by atomic mass is 35.5. The van der Waals surface area contributed by atoms with Gasteiger partial charge in [0.1, 0.15) is 6.10 Å². The van der Waals surface area contributed by atoms with Crippen LogP contribution in [0, 0.1) is 0 Å². The van der Waals surface area contributed by atoms with Gasteiger partial charge in [-0.15, -0.1) is 12.4 Å². The van der Waals surface area contributed by atoms with E-state index >= 15 is 0 Å². The number of ether oxygens (including phenoxy) is 1. The molecule has 1 atom stereocenters. The molecule has 3 nitrogen and oxygen atoms in total. The minimum atomic E-state index is -0.146. The molecule has 1 rings (SSSR count). The minimum Gasteiger partial charge on any atom is -0.364 e. The zero-order valence-corrected chi connectivity index (χ0v) is 6.74. The van der Waals surface area contributed by atoms with E-state index in [4.69, 9.17) is 4.74 Å². The SMILES string of the molecule is C=C(C)C(=O)C1CO1.Cl.N. The fraction of sp³-hybridized carbons (Fsp3) is 0.500. The highest BCUT2D eigenvalue weighted by Gasteiger charge is 2.30. The van der Waals surface area contributed by atoms with Gasteiger partial charge in [0.25, 0.3) is 0 Å². The van der Waals surface area contributed by atoms with Crippen molar-refractivity contribution in [2.24, 2.45) is 0 Å². The molecule has 0 bridgehead atoms. The molecule has 0 aliphatic carbocycles. The molecule has 0 aromatic rings. The molecule has 1 heterocycles. The Kier molecular flexibility index (Phi) is 5.46. The van der Waals surface area contributed by atoms with Crippen molar-refractivity contribution in [3.63, 3.8) is 0 Å². The molecule has 3 N–H and O–H groups in total. The number of epoxide rings is 1. The van der Waals surface area contributed by atoms with E-state index in [1.165, 1.54) is 0 Å². The van der Waals surface area contributed by atoms with Gasteiger partial charge in [0.05, 0.1) is 6.61 Å². The summed E-state index contributed by atoms with van der Waals surface area (Å²) in [6, 6.07) is 0. The molecule has 0 saturated carbocycles. The van der Waals surface area contributed by atoms with E-state index in [9.17, 15) is 4.79 Å². The average molecular weight is 166 g/mol. The maximum atomic E-state index is 10.7. The zero-order valence-electron chi connectivity index (χ0n) is 5.92. The van der Waals surface area contributed by atoms with Crippen LogP contribution >= 0.6 is 12.4 Å². The van der Waals surface area contributed by atoms with Crippen LogP contribution in [0.4, 0.5) is 0 Å². The quantitative estimate of drug-likeness (QED) is 0.493. The normalized spacial score (nSPS) is 19.9. The van der Waals surface area contributed by atoms with Crippen molar-refractivity contribution in [3.05, 3.63) is 12.2 Å². The molecule has 4 heteroatoms. The standard InChI is InChI=1S/C6H8O2.ClH.H3N/c1-4(2)6(7)5-3-8-5;;/h5H,1,3H2,2H3;1H;1H3. The van der Waals surface area contributed by atoms with E-state index in [2.05, 4.69) is 6.58 Å². The van der Waals surface area contributed by atoms with Crippen molar-refractivity contribution in [3.8, 4) is 0 Å². The first-order valence-electron chi connectivity index (χ1n) is 2.53. The largest absolute Gasteiger partial charge is 0.364 e. The lowest BCUT2D eigenvalue weighted by atomic mass is 10.2. The molecule has 1 saturated heterocycles. The van der Waals surface area contributed by atoms with Crippen molar-refractivity contribution in [1.29, 1.82) is 0 Å². The predicted octanol–water partition coefficient (Wildman–Crippen LogP) is 1.11. The number of halogens is 1. The molecule has 60 valence electrons. The molecular weight excluding hydrogens is 154 g/mol. The number of rotatable bonds is 2. The van der Waals surface area contributed by atoms with E-state index in [1.807, 2.05) is 0 Å². The summed E-state index contributed by atoms with van der Waals surface area (Å²) in [5.41, 5.74) is 0.590. The van der Waals surface area contributed by atoms with Gasteiger partial charge in [-0.25, -0.2) is 0 Å². The predicted molar refractivity (Wildman–Crippen MR) is 41.8 cm³/mol. The van der Waals surface area contributed by atoms with Gasteiger partial charge in [0.15, 0.2) is 5.78 Å². The molecule has 1 fully saturated rings. The Morgan fingerprint density at radius 3 is 2.20 bits per heavy atom. The number of carbonyl (C=O) groups excluding carboxylic acids is 1. The molecule has 1 aliphatic rings. The van der Waals surface area contributed by atoms with Crippen LogP contribution in [0.1, 0.15) is 6.92 Å². The molecular formula is C6H12ClNO2. The second-order valence-electron chi connectivity index (χ2n) is 1.97. The molecule has 0 radical (unpaired) electrons. The lowest BCUT2D eigenvalue weighted by molar-refractivity contribution is -0.116. The summed E-state index contributed by atoms with van der Waals surface area (Å²) in [7, 11) is 0. The van der Waals surface area contributed by atoms with E-state index in [1.54, 1.807) is 6.92 Å². The van der Waals surface area contributed by atoms with Gasteiger partial charge in [0, 0.05) is 0 Å². The lowest BCUT2D eigenvalue weighted by Crippen LogP contribution is -2.05. The number of hydrogen-bond donors (Lipinski definition) is 1. The maximum absolute atomic E-state index is 10.7. The van der Waals surface area contributed by atoms with E-state index in [-0.39, 0.29) is 30.4 Å². The monoisotopic (exact) mass is 165 g/mol. The molecule has 1 unspecified atom stereocenters. The van der Waals surface area contributed by atoms with E-state index < -0.39 is 0 Å². The highest BCUT2D eigenvalue weighted by Crippen LogP contribution is 2.13. The van der Waals surface area contributed by atoms with Crippen molar-refractivity contribution < 1.29 is 9.53 Å². The summed E-state index contributed by atoms with van der Waals surface area (Å²) < 4.78 is 4.72. The van der Waals surface area contributed by atoms with Gasteiger partial charge in [-0.3, -0.25) is 4.79 Å². The van der Waals surface area contributed by atoms with Crippen LogP contribution in [0.2, 0.25) is 0 Å². The van der Waals surface area contributed by atoms with Gasteiger partial charge in [-0.1, -0.05) is 6.58 Å². The van der Waals surface area contributed by atoms with Crippen LogP contribution < -0.4 is 6.15 Å². The van der Waals surface area contributed by atoms with Gasteiger partial charge in [0.2, 0.25) is 0 Å². The number of carbonyl (C=O) groups is 1. The molecule has 0 aromatic heterocycles.